The Morgan fingerprint density at radius 1 is 1.30 bits per heavy atom. The van der Waals surface area contributed by atoms with Gasteiger partial charge in [0.05, 0.1) is 17.2 Å². The lowest BCUT2D eigenvalue weighted by Gasteiger charge is -2.25. The highest BCUT2D eigenvalue weighted by atomic mass is 19.4. The first-order valence-corrected chi connectivity index (χ1v) is 6.43. The molecular formula is C14H13F3N2O. The van der Waals surface area contributed by atoms with Gasteiger partial charge in [0.1, 0.15) is 0 Å². The average molecular weight is 282 g/mol. The number of aliphatic hydroxyl groups excluding tert-OH is 1. The zero-order valence-corrected chi connectivity index (χ0v) is 10.6. The summed E-state index contributed by atoms with van der Waals surface area (Å²) in [5.74, 6) is 0.854. The number of fused-ring (bicyclic) bond motifs is 1. The third-order valence-electron chi connectivity index (χ3n) is 4.35. The van der Waals surface area contributed by atoms with Crippen molar-refractivity contribution in [2.45, 2.75) is 6.18 Å². The van der Waals surface area contributed by atoms with Crippen LogP contribution in [0.25, 0.3) is 0 Å². The van der Waals surface area contributed by atoms with Crippen molar-refractivity contribution in [1.82, 2.24) is 0 Å². The summed E-state index contributed by atoms with van der Waals surface area (Å²) in [4.78, 5) is 1.71. The van der Waals surface area contributed by atoms with Gasteiger partial charge in [0.2, 0.25) is 0 Å². The maximum absolute atomic E-state index is 13.1. The summed E-state index contributed by atoms with van der Waals surface area (Å²) in [6.45, 7) is 1.21. The first-order chi connectivity index (χ1) is 9.45. The minimum Gasteiger partial charge on any atom is -0.396 e. The zero-order valence-electron chi connectivity index (χ0n) is 10.6. The smallest absolute Gasteiger partial charge is 0.396 e. The van der Waals surface area contributed by atoms with Crippen LogP contribution in [0.15, 0.2) is 18.2 Å². The first kappa shape index (κ1) is 13.3. The number of alkyl halides is 3. The molecule has 1 aromatic rings. The summed E-state index contributed by atoms with van der Waals surface area (Å²) in [6, 6.07) is 5.43. The van der Waals surface area contributed by atoms with E-state index >= 15 is 0 Å². The number of halogens is 3. The molecule has 6 heteroatoms. The van der Waals surface area contributed by atoms with E-state index in [1.165, 1.54) is 12.1 Å². The lowest BCUT2D eigenvalue weighted by Crippen LogP contribution is -2.27. The third-order valence-corrected chi connectivity index (χ3v) is 4.35. The fraction of sp³-hybridized carbons (Fsp3) is 0.500. The van der Waals surface area contributed by atoms with Crippen molar-refractivity contribution in [3.05, 3.63) is 29.3 Å². The number of hydrogen-bond donors (Lipinski definition) is 1. The molecule has 1 saturated carbocycles. The number of rotatable bonds is 2. The highest BCUT2D eigenvalue weighted by molar-refractivity contribution is 5.59. The Morgan fingerprint density at radius 3 is 2.45 bits per heavy atom. The minimum absolute atomic E-state index is 0.0127. The van der Waals surface area contributed by atoms with E-state index in [4.69, 9.17) is 10.4 Å². The molecule has 3 nitrogen and oxygen atoms in total. The Balaban J connectivity index is 1.89. The number of benzene rings is 1. The van der Waals surface area contributed by atoms with E-state index in [0.717, 1.165) is 6.07 Å². The molecule has 3 atom stereocenters. The van der Waals surface area contributed by atoms with Crippen LogP contribution in [0.5, 0.6) is 0 Å². The predicted octanol–water partition coefficient (Wildman–Crippen LogP) is 2.25. The Hall–Kier alpha value is -1.74. The molecule has 1 saturated heterocycles. The minimum atomic E-state index is -4.47. The van der Waals surface area contributed by atoms with Crippen molar-refractivity contribution in [1.29, 1.82) is 5.26 Å². The average Bonchev–Trinajstić information content (AvgIpc) is 2.88. The van der Waals surface area contributed by atoms with Crippen LogP contribution in [0.2, 0.25) is 0 Å². The fourth-order valence-corrected chi connectivity index (χ4v) is 3.23. The van der Waals surface area contributed by atoms with Gasteiger partial charge in [-0.15, -0.1) is 0 Å². The molecule has 1 aliphatic carbocycles. The van der Waals surface area contributed by atoms with E-state index < -0.39 is 11.7 Å². The molecule has 0 aromatic heterocycles. The van der Waals surface area contributed by atoms with Gasteiger partial charge in [-0.2, -0.15) is 18.4 Å². The summed E-state index contributed by atoms with van der Waals surface area (Å²) in [5.41, 5.74) is -0.600. The first-order valence-electron chi connectivity index (χ1n) is 6.43. The normalized spacial score (nSPS) is 28.1. The summed E-state index contributed by atoms with van der Waals surface area (Å²) in [6.07, 6.45) is -4.47. The maximum atomic E-state index is 13.1. The monoisotopic (exact) mass is 282 g/mol. The molecule has 2 aliphatic rings. The fourth-order valence-electron chi connectivity index (χ4n) is 3.23. The van der Waals surface area contributed by atoms with Crippen LogP contribution in [0, 0.1) is 29.1 Å². The highest BCUT2D eigenvalue weighted by Gasteiger charge is 2.55. The Labute approximate surface area is 114 Å². The second-order valence-corrected chi connectivity index (χ2v) is 5.42. The van der Waals surface area contributed by atoms with Gasteiger partial charge >= 0.3 is 6.18 Å². The predicted molar refractivity (Wildman–Crippen MR) is 65.9 cm³/mol. The summed E-state index contributed by atoms with van der Waals surface area (Å²) < 4.78 is 39.3. The number of nitrogens with zero attached hydrogens (tertiary/aromatic N) is 2. The molecule has 0 spiro atoms. The van der Waals surface area contributed by atoms with Gasteiger partial charge in [0, 0.05) is 25.4 Å². The van der Waals surface area contributed by atoms with E-state index in [-0.39, 0.29) is 23.8 Å². The van der Waals surface area contributed by atoms with Gasteiger partial charge in [0.25, 0.3) is 0 Å². The standard InChI is InChI=1S/C14H13F3N2O/c15-14(16,17)12-3-8(4-18)1-2-13(12)19-5-9-10(6-19)11(9)7-20/h1-3,9-11,20H,5-7H2/t9-,10+,11?. The summed E-state index contributed by atoms with van der Waals surface area (Å²) in [5, 5.41) is 17.8. The molecule has 2 fully saturated rings. The van der Waals surface area contributed by atoms with E-state index in [1.54, 1.807) is 11.0 Å². The molecule has 20 heavy (non-hydrogen) atoms. The molecule has 106 valence electrons. The van der Waals surface area contributed by atoms with Crippen LogP contribution in [-0.2, 0) is 6.18 Å². The molecular weight excluding hydrogens is 269 g/mol. The van der Waals surface area contributed by atoms with Crippen molar-refractivity contribution >= 4 is 5.69 Å². The Kier molecular flexibility index (Phi) is 2.91. The third kappa shape index (κ3) is 2.02. The van der Waals surface area contributed by atoms with Crippen molar-refractivity contribution in [2.75, 3.05) is 24.6 Å². The van der Waals surface area contributed by atoms with Gasteiger partial charge in [0.15, 0.2) is 0 Å². The van der Waals surface area contributed by atoms with Crippen molar-refractivity contribution in [3.8, 4) is 6.07 Å². The van der Waals surface area contributed by atoms with Gasteiger partial charge in [-0.3, -0.25) is 0 Å². The van der Waals surface area contributed by atoms with E-state index in [0.29, 0.717) is 24.9 Å². The van der Waals surface area contributed by atoms with E-state index in [1.807, 2.05) is 0 Å². The molecule has 0 amide bonds. The second-order valence-electron chi connectivity index (χ2n) is 5.42. The molecule has 1 N–H and O–H groups in total. The van der Waals surface area contributed by atoms with Crippen LogP contribution in [0.1, 0.15) is 11.1 Å². The molecule has 1 aromatic carbocycles. The number of piperidine rings is 1. The number of anilines is 1. The molecule has 1 aliphatic heterocycles. The topological polar surface area (TPSA) is 47.3 Å². The van der Waals surface area contributed by atoms with Crippen molar-refractivity contribution in [2.24, 2.45) is 17.8 Å². The van der Waals surface area contributed by atoms with Crippen molar-refractivity contribution in [3.63, 3.8) is 0 Å². The second kappa shape index (κ2) is 4.38. The van der Waals surface area contributed by atoms with Crippen LogP contribution in [0.3, 0.4) is 0 Å². The van der Waals surface area contributed by atoms with E-state index in [9.17, 15) is 13.2 Å². The number of hydrogen-bond acceptors (Lipinski definition) is 3. The molecule has 1 heterocycles. The lowest BCUT2D eigenvalue weighted by molar-refractivity contribution is -0.137. The molecule has 0 radical (unpaired) electrons. The largest absolute Gasteiger partial charge is 0.418 e. The Morgan fingerprint density at radius 2 is 1.95 bits per heavy atom. The van der Waals surface area contributed by atoms with Gasteiger partial charge in [-0.05, 0) is 36.0 Å². The highest BCUT2D eigenvalue weighted by Crippen LogP contribution is 2.53. The summed E-state index contributed by atoms with van der Waals surface area (Å²) in [7, 11) is 0. The molecule has 0 bridgehead atoms. The zero-order chi connectivity index (χ0) is 14.5. The van der Waals surface area contributed by atoms with Crippen molar-refractivity contribution < 1.29 is 18.3 Å². The number of nitriles is 1. The molecule has 3 rings (SSSR count). The van der Waals surface area contributed by atoms with Gasteiger partial charge in [-0.1, -0.05) is 0 Å². The summed E-state index contributed by atoms with van der Waals surface area (Å²) >= 11 is 0. The number of aliphatic hydroxyl groups is 1. The van der Waals surface area contributed by atoms with E-state index in [2.05, 4.69) is 0 Å². The maximum Gasteiger partial charge on any atom is 0.418 e. The van der Waals surface area contributed by atoms with Gasteiger partial charge < -0.3 is 10.0 Å². The quantitative estimate of drug-likeness (QED) is 0.905. The van der Waals surface area contributed by atoms with Crippen LogP contribution in [-0.4, -0.2) is 24.8 Å². The van der Waals surface area contributed by atoms with Crippen LogP contribution >= 0.6 is 0 Å². The van der Waals surface area contributed by atoms with Crippen LogP contribution < -0.4 is 4.90 Å². The van der Waals surface area contributed by atoms with Gasteiger partial charge in [-0.25, -0.2) is 0 Å². The van der Waals surface area contributed by atoms with Crippen LogP contribution in [0.4, 0.5) is 18.9 Å². The Bertz CT molecular complexity index is 567. The molecule has 1 unspecified atom stereocenters. The lowest BCUT2D eigenvalue weighted by atomic mass is 10.1. The SMILES string of the molecule is N#Cc1ccc(N2C[C@@H]3C(CO)[C@@H]3C2)c(C(F)(F)F)c1.